The first-order valence-corrected chi connectivity index (χ1v) is 10.1. The summed E-state index contributed by atoms with van der Waals surface area (Å²) in [6, 6.07) is 9.09. The maximum absolute atomic E-state index is 13.7. The van der Waals surface area contributed by atoms with Crippen molar-refractivity contribution < 1.29 is 18.4 Å². The highest BCUT2D eigenvalue weighted by Crippen LogP contribution is 2.18. The van der Waals surface area contributed by atoms with E-state index in [1.807, 2.05) is 36.9 Å². The van der Waals surface area contributed by atoms with E-state index in [1.165, 1.54) is 0 Å². The Kier molecular flexibility index (Phi) is 7.15. The third kappa shape index (κ3) is 5.63. The van der Waals surface area contributed by atoms with E-state index in [-0.39, 0.29) is 36.8 Å². The van der Waals surface area contributed by atoms with Gasteiger partial charge in [-0.1, -0.05) is 12.1 Å². The van der Waals surface area contributed by atoms with E-state index in [0.29, 0.717) is 26.2 Å². The molecule has 1 heterocycles. The van der Waals surface area contributed by atoms with Gasteiger partial charge in [0, 0.05) is 38.3 Å². The number of amides is 2. The van der Waals surface area contributed by atoms with Crippen LogP contribution in [0.15, 0.2) is 36.4 Å². The molecular formula is C23H27F2N3O2. The first-order valence-electron chi connectivity index (χ1n) is 10.1. The molecule has 0 aliphatic carbocycles. The smallest absolute Gasteiger partial charge is 0.238 e. The van der Waals surface area contributed by atoms with Crippen molar-refractivity contribution in [1.82, 2.24) is 9.80 Å². The fourth-order valence-corrected chi connectivity index (χ4v) is 3.57. The first-order chi connectivity index (χ1) is 14.3. The highest BCUT2D eigenvalue weighted by atomic mass is 19.1. The number of benzene rings is 2. The molecular weight excluding hydrogens is 388 g/mol. The molecule has 1 aliphatic rings. The van der Waals surface area contributed by atoms with Crippen LogP contribution in [-0.4, -0.2) is 54.3 Å². The predicted molar refractivity (Wildman–Crippen MR) is 112 cm³/mol. The molecule has 0 spiro atoms. The predicted octanol–water partition coefficient (Wildman–Crippen LogP) is 3.30. The Morgan fingerprint density at radius 3 is 2.50 bits per heavy atom. The van der Waals surface area contributed by atoms with Crippen molar-refractivity contribution in [2.45, 2.75) is 26.7 Å². The molecule has 2 aromatic carbocycles. The molecule has 0 unspecified atom stereocenters. The van der Waals surface area contributed by atoms with Crippen molar-refractivity contribution in [3.63, 3.8) is 0 Å². The summed E-state index contributed by atoms with van der Waals surface area (Å²) >= 11 is 0. The summed E-state index contributed by atoms with van der Waals surface area (Å²) in [5, 5.41) is 2.95. The fourth-order valence-electron chi connectivity index (χ4n) is 3.57. The molecule has 30 heavy (non-hydrogen) atoms. The Morgan fingerprint density at radius 1 is 1.03 bits per heavy atom. The summed E-state index contributed by atoms with van der Waals surface area (Å²) in [6.07, 6.45) is 0.300. The van der Waals surface area contributed by atoms with Crippen LogP contribution in [0.3, 0.4) is 0 Å². The maximum Gasteiger partial charge on any atom is 0.238 e. The molecule has 1 fully saturated rings. The lowest BCUT2D eigenvalue weighted by atomic mass is 10.1. The van der Waals surface area contributed by atoms with E-state index in [1.54, 1.807) is 4.90 Å². The molecule has 5 nitrogen and oxygen atoms in total. The van der Waals surface area contributed by atoms with Crippen molar-refractivity contribution in [2.24, 2.45) is 0 Å². The number of carbonyl (C=O) groups excluding carboxylic acids is 2. The minimum Gasteiger partial charge on any atom is -0.340 e. The molecule has 1 N–H and O–H groups in total. The molecule has 2 amide bonds. The number of carbonyl (C=O) groups is 2. The van der Waals surface area contributed by atoms with Crippen molar-refractivity contribution in [2.75, 3.05) is 38.0 Å². The van der Waals surface area contributed by atoms with Gasteiger partial charge in [0.15, 0.2) is 0 Å². The van der Waals surface area contributed by atoms with Crippen LogP contribution in [0, 0.1) is 25.5 Å². The zero-order valence-corrected chi connectivity index (χ0v) is 17.4. The highest BCUT2D eigenvalue weighted by molar-refractivity contribution is 5.93. The normalized spacial score (nSPS) is 14.6. The van der Waals surface area contributed by atoms with Crippen molar-refractivity contribution in [3.05, 3.63) is 64.7 Å². The Morgan fingerprint density at radius 2 is 1.77 bits per heavy atom. The molecule has 0 saturated carbocycles. The van der Waals surface area contributed by atoms with E-state index in [4.69, 9.17) is 0 Å². The standard InChI is InChI=1S/C23H27F2N3O2/c1-16-4-3-5-21(17(16)2)26-22(29)15-27-10-12-28(13-11-27)23(30)9-6-18-14-19(24)7-8-20(18)25/h3-5,7-8,14H,6,9-13,15H2,1-2H3,(H,26,29). The SMILES string of the molecule is Cc1cccc(NC(=O)CN2CCN(C(=O)CCc3cc(F)ccc3F)CC2)c1C. The number of piperazine rings is 1. The second-order valence-electron chi connectivity index (χ2n) is 7.69. The minimum atomic E-state index is -0.508. The van der Waals surface area contributed by atoms with Crippen LogP contribution in [0.2, 0.25) is 0 Å². The van der Waals surface area contributed by atoms with Crippen LogP contribution < -0.4 is 5.32 Å². The summed E-state index contributed by atoms with van der Waals surface area (Å²) in [5.41, 5.74) is 3.21. The number of anilines is 1. The largest absolute Gasteiger partial charge is 0.340 e. The van der Waals surface area contributed by atoms with Gasteiger partial charge < -0.3 is 10.2 Å². The first kappa shape index (κ1) is 21.9. The Bertz CT molecular complexity index is 925. The van der Waals surface area contributed by atoms with Crippen molar-refractivity contribution in [1.29, 1.82) is 0 Å². The minimum absolute atomic E-state index is 0.0787. The molecule has 0 aromatic heterocycles. The van der Waals surface area contributed by atoms with E-state index >= 15 is 0 Å². The van der Waals surface area contributed by atoms with Gasteiger partial charge in [0.2, 0.25) is 11.8 Å². The third-order valence-corrected chi connectivity index (χ3v) is 5.59. The van der Waals surface area contributed by atoms with E-state index in [9.17, 15) is 18.4 Å². The molecule has 0 atom stereocenters. The summed E-state index contributed by atoms with van der Waals surface area (Å²) in [7, 11) is 0. The van der Waals surface area contributed by atoms with Gasteiger partial charge in [0.1, 0.15) is 11.6 Å². The molecule has 2 aromatic rings. The molecule has 0 bridgehead atoms. The molecule has 7 heteroatoms. The number of halogens is 2. The van der Waals surface area contributed by atoms with Crippen molar-refractivity contribution in [3.8, 4) is 0 Å². The monoisotopic (exact) mass is 415 g/mol. The number of nitrogens with zero attached hydrogens (tertiary/aromatic N) is 2. The number of hydrogen-bond donors (Lipinski definition) is 1. The summed E-state index contributed by atoms with van der Waals surface area (Å²) in [6.45, 7) is 6.47. The molecule has 3 rings (SSSR count). The quantitative estimate of drug-likeness (QED) is 0.788. The van der Waals surface area contributed by atoms with Gasteiger partial charge in [-0.25, -0.2) is 8.78 Å². The van der Waals surface area contributed by atoms with Gasteiger partial charge in [-0.15, -0.1) is 0 Å². The van der Waals surface area contributed by atoms with Crippen LogP contribution in [0.25, 0.3) is 0 Å². The molecule has 160 valence electrons. The zero-order chi connectivity index (χ0) is 21.7. The summed E-state index contributed by atoms with van der Waals surface area (Å²) in [5.74, 6) is -1.17. The van der Waals surface area contributed by atoms with Crippen LogP contribution in [0.1, 0.15) is 23.1 Å². The second-order valence-corrected chi connectivity index (χ2v) is 7.69. The second kappa shape index (κ2) is 9.80. The molecule has 0 radical (unpaired) electrons. The number of aryl methyl sites for hydroxylation is 2. The van der Waals surface area contributed by atoms with E-state index in [0.717, 1.165) is 35.0 Å². The van der Waals surface area contributed by atoms with Gasteiger partial charge in [0.05, 0.1) is 6.54 Å². The van der Waals surface area contributed by atoms with E-state index < -0.39 is 11.6 Å². The van der Waals surface area contributed by atoms with Crippen LogP contribution in [0.5, 0.6) is 0 Å². The molecule has 1 aliphatic heterocycles. The van der Waals surface area contributed by atoms with Crippen molar-refractivity contribution >= 4 is 17.5 Å². The fraction of sp³-hybridized carbons (Fsp3) is 0.391. The van der Waals surface area contributed by atoms with Gasteiger partial charge >= 0.3 is 0 Å². The summed E-state index contributed by atoms with van der Waals surface area (Å²) in [4.78, 5) is 28.5. The number of hydrogen-bond acceptors (Lipinski definition) is 3. The van der Waals surface area contributed by atoms with Crippen LogP contribution >= 0.6 is 0 Å². The number of rotatable bonds is 6. The Balaban J connectivity index is 1.44. The maximum atomic E-state index is 13.7. The summed E-state index contributed by atoms with van der Waals surface area (Å²) < 4.78 is 27.0. The zero-order valence-electron chi connectivity index (χ0n) is 17.4. The third-order valence-electron chi connectivity index (χ3n) is 5.59. The average Bonchev–Trinajstić information content (AvgIpc) is 2.72. The highest BCUT2D eigenvalue weighted by Gasteiger charge is 2.22. The Hall–Kier alpha value is -2.80. The average molecular weight is 415 g/mol. The van der Waals surface area contributed by atoms with E-state index in [2.05, 4.69) is 5.32 Å². The lowest BCUT2D eigenvalue weighted by Crippen LogP contribution is -2.50. The van der Waals surface area contributed by atoms with Gasteiger partial charge in [0.25, 0.3) is 0 Å². The van der Waals surface area contributed by atoms with Gasteiger partial charge in [-0.3, -0.25) is 14.5 Å². The molecule has 1 saturated heterocycles. The van der Waals surface area contributed by atoms with Gasteiger partial charge in [-0.05, 0) is 61.2 Å². The number of nitrogens with one attached hydrogen (secondary N) is 1. The lowest BCUT2D eigenvalue weighted by molar-refractivity contribution is -0.133. The lowest BCUT2D eigenvalue weighted by Gasteiger charge is -2.34. The topological polar surface area (TPSA) is 52.7 Å². The van der Waals surface area contributed by atoms with Crippen LogP contribution in [0.4, 0.5) is 14.5 Å². The van der Waals surface area contributed by atoms with Gasteiger partial charge in [-0.2, -0.15) is 0 Å². The van der Waals surface area contributed by atoms with Crippen LogP contribution in [-0.2, 0) is 16.0 Å². The Labute approximate surface area is 175 Å².